The Balaban J connectivity index is 2.03. The number of amides is 1. The molecule has 0 aliphatic heterocycles. The van der Waals surface area contributed by atoms with Crippen molar-refractivity contribution < 1.29 is 13.9 Å². The molecule has 0 radical (unpaired) electrons. The Kier molecular flexibility index (Phi) is 4.16. The largest absolute Gasteiger partial charge is 0.444 e. The smallest absolute Gasteiger partial charge is 0.412 e. The van der Waals surface area contributed by atoms with Crippen molar-refractivity contribution in [1.82, 2.24) is 0 Å². The van der Waals surface area contributed by atoms with E-state index in [1.54, 1.807) is 20.8 Å². The van der Waals surface area contributed by atoms with Crippen molar-refractivity contribution in [2.45, 2.75) is 39.2 Å². The van der Waals surface area contributed by atoms with Crippen molar-refractivity contribution >= 4 is 17.5 Å². The molecule has 0 unspecified atom stereocenters. The fourth-order valence-electron chi connectivity index (χ4n) is 1.76. The van der Waals surface area contributed by atoms with Gasteiger partial charge in [-0.1, -0.05) is 0 Å². The van der Waals surface area contributed by atoms with Crippen LogP contribution in [-0.4, -0.2) is 18.2 Å². The van der Waals surface area contributed by atoms with Gasteiger partial charge >= 0.3 is 6.09 Å². The summed E-state index contributed by atoms with van der Waals surface area (Å²) in [5.41, 5.74) is 0.551. The molecule has 1 saturated carbocycles. The highest BCUT2D eigenvalue weighted by Crippen LogP contribution is 2.31. The van der Waals surface area contributed by atoms with Crippen LogP contribution in [0.2, 0.25) is 0 Å². The van der Waals surface area contributed by atoms with Crippen LogP contribution < -0.4 is 10.6 Å². The zero-order valence-corrected chi connectivity index (χ0v) is 12.1. The number of benzene rings is 1. The molecule has 0 saturated heterocycles. The van der Waals surface area contributed by atoms with Crippen LogP contribution in [0.25, 0.3) is 0 Å². The van der Waals surface area contributed by atoms with E-state index >= 15 is 0 Å². The second kappa shape index (κ2) is 5.69. The van der Waals surface area contributed by atoms with Gasteiger partial charge in [-0.05, 0) is 57.7 Å². The maximum absolute atomic E-state index is 13.3. The number of halogens is 1. The molecule has 1 amide bonds. The Morgan fingerprint density at radius 3 is 2.65 bits per heavy atom. The number of carbonyl (C=O) groups excluding carboxylic acids is 1. The van der Waals surface area contributed by atoms with Gasteiger partial charge < -0.3 is 10.1 Å². The number of ether oxygens (including phenoxy) is 1. The summed E-state index contributed by atoms with van der Waals surface area (Å²) in [5, 5.41) is 5.82. The normalized spacial score (nSPS) is 14.8. The first-order valence-corrected chi connectivity index (χ1v) is 6.87. The predicted molar refractivity (Wildman–Crippen MR) is 77.5 cm³/mol. The molecule has 1 aliphatic rings. The van der Waals surface area contributed by atoms with E-state index in [4.69, 9.17) is 4.74 Å². The standard InChI is InChI=1S/C15H21FN2O2/c1-15(2,3)20-14(19)18-12-7-6-11(16)8-13(12)17-9-10-4-5-10/h6-8,10,17H,4-5,9H2,1-3H3,(H,18,19). The zero-order chi connectivity index (χ0) is 14.8. The number of carbonyl (C=O) groups is 1. The summed E-state index contributed by atoms with van der Waals surface area (Å²) in [7, 11) is 0. The molecule has 1 aromatic carbocycles. The van der Waals surface area contributed by atoms with Gasteiger partial charge in [0.1, 0.15) is 11.4 Å². The van der Waals surface area contributed by atoms with Crippen LogP contribution in [0.1, 0.15) is 33.6 Å². The molecule has 1 aromatic rings. The fourth-order valence-corrected chi connectivity index (χ4v) is 1.76. The summed E-state index contributed by atoms with van der Waals surface area (Å²) in [6.45, 7) is 6.18. The molecule has 5 heteroatoms. The molecule has 0 heterocycles. The third kappa shape index (κ3) is 4.72. The van der Waals surface area contributed by atoms with Crippen molar-refractivity contribution in [2.24, 2.45) is 5.92 Å². The van der Waals surface area contributed by atoms with E-state index in [1.165, 1.54) is 31.0 Å². The van der Waals surface area contributed by atoms with Gasteiger partial charge in [0.2, 0.25) is 0 Å². The van der Waals surface area contributed by atoms with Gasteiger partial charge in [0.15, 0.2) is 0 Å². The molecule has 20 heavy (non-hydrogen) atoms. The van der Waals surface area contributed by atoms with Gasteiger partial charge in [0.25, 0.3) is 0 Å². The summed E-state index contributed by atoms with van der Waals surface area (Å²) in [6.07, 6.45) is 1.87. The lowest BCUT2D eigenvalue weighted by molar-refractivity contribution is 0.0636. The summed E-state index contributed by atoms with van der Waals surface area (Å²) >= 11 is 0. The number of nitrogens with one attached hydrogen (secondary N) is 2. The van der Waals surface area contributed by atoms with Gasteiger partial charge in [-0.3, -0.25) is 5.32 Å². The minimum Gasteiger partial charge on any atom is -0.444 e. The van der Waals surface area contributed by atoms with Gasteiger partial charge in [-0.2, -0.15) is 0 Å². The minimum atomic E-state index is -0.564. The Morgan fingerprint density at radius 2 is 2.05 bits per heavy atom. The quantitative estimate of drug-likeness (QED) is 0.876. The van der Waals surface area contributed by atoms with Crippen LogP contribution >= 0.6 is 0 Å². The second-order valence-electron chi connectivity index (χ2n) is 6.14. The third-order valence-corrected chi connectivity index (χ3v) is 2.90. The lowest BCUT2D eigenvalue weighted by Crippen LogP contribution is -2.27. The molecule has 110 valence electrons. The molecule has 1 aliphatic carbocycles. The first kappa shape index (κ1) is 14.6. The van der Waals surface area contributed by atoms with E-state index in [0.717, 1.165) is 6.54 Å². The number of rotatable bonds is 4. The van der Waals surface area contributed by atoms with Crippen molar-refractivity contribution in [3.63, 3.8) is 0 Å². The van der Waals surface area contributed by atoms with Crippen molar-refractivity contribution in [3.05, 3.63) is 24.0 Å². The SMILES string of the molecule is CC(C)(C)OC(=O)Nc1ccc(F)cc1NCC1CC1. The van der Waals surface area contributed by atoms with Crippen LogP contribution in [0, 0.1) is 11.7 Å². The second-order valence-corrected chi connectivity index (χ2v) is 6.14. The Hall–Kier alpha value is -1.78. The summed E-state index contributed by atoms with van der Waals surface area (Å²) < 4.78 is 18.5. The van der Waals surface area contributed by atoms with Gasteiger partial charge in [-0.15, -0.1) is 0 Å². The zero-order valence-electron chi connectivity index (χ0n) is 12.1. The van der Waals surface area contributed by atoms with E-state index in [2.05, 4.69) is 10.6 Å². The Labute approximate surface area is 118 Å². The average Bonchev–Trinajstić information content (AvgIpc) is 3.11. The lowest BCUT2D eigenvalue weighted by Gasteiger charge is -2.20. The third-order valence-electron chi connectivity index (χ3n) is 2.90. The maximum Gasteiger partial charge on any atom is 0.412 e. The molecular weight excluding hydrogens is 259 g/mol. The minimum absolute atomic E-state index is 0.335. The van der Waals surface area contributed by atoms with Crippen molar-refractivity contribution in [3.8, 4) is 0 Å². The molecular formula is C15H21FN2O2. The molecule has 4 nitrogen and oxygen atoms in total. The Bertz CT molecular complexity index is 493. The monoisotopic (exact) mass is 280 g/mol. The van der Waals surface area contributed by atoms with Crippen LogP contribution in [-0.2, 0) is 4.74 Å². The van der Waals surface area contributed by atoms with Crippen LogP contribution in [0.15, 0.2) is 18.2 Å². The van der Waals surface area contributed by atoms with E-state index < -0.39 is 11.7 Å². The maximum atomic E-state index is 13.3. The topological polar surface area (TPSA) is 50.4 Å². The van der Waals surface area contributed by atoms with Gasteiger partial charge in [-0.25, -0.2) is 9.18 Å². The van der Waals surface area contributed by atoms with Gasteiger partial charge in [0.05, 0.1) is 11.4 Å². The van der Waals surface area contributed by atoms with E-state index in [1.807, 2.05) is 0 Å². The Morgan fingerprint density at radius 1 is 1.35 bits per heavy atom. The van der Waals surface area contributed by atoms with Crippen molar-refractivity contribution in [1.29, 1.82) is 0 Å². The van der Waals surface area contributed by atoms with Crippen molar-refractivity contribution in [2.75, 3.05) is 17.2 Å². The highest BCUT2D eigenvalue weighted by molar-refractivity contribution is 5.89. The highest BCUT2D eigenvalue weighted by Gasteiger charge is 2.22. The molecule has 0 bridgehead atoms. The van der Waals surface area contributed by atoms with E-state index in [9.17, 15) is 9.18 Å². The average molecular weight is 280 g/mol. The number of anilines is 2. The molecule has 0 atom stereocenters. The van der Waals surface area contributed by atoms with E-state index in [0.29, 0.717) is 17.3 Å². The van der Waals surface area contributed by atoms with Crippen LogP contribution in [0.4, 0.5) is 20.6 Å². The summed E-state index contributed by atoms with van der Waals surface area (Å²) in [5.74, 6) is 0.325. The highest BCUT2D eigenvalue weighted by atomic mass is 19.1. The summed E-state index contributed by atoms with van der Waals surface area (Å²) in [4.78, 5) is 11.8. The van der Waals surface area contributed by atoms with E-state index in [-0.39, 0.29) is 5.82 Å². The molecule has 2 rings (SSSR count). The summed E-state index contributed by atoms with van der Waals surface area (Å²) in [6, 6.07) is 4.23. The van der Waals surface area contributed by atoms with Gasteiger partial charge in [0, 0.05) is 6.54 Å². The first-order valence-electron chi connectivity index (χ1n) is 6.87. The molecule has 1 fully saturated rings. The molecule has 0 aromatic heterocycles. The van der Waals surface area contributed by atoms with Crippen LogP contribution in [0.3, 0.4) is 0 Å². The fraction of sp³-hybridized carbons (Fsp3) is 0.533. The first-order chi connectivity index (χ1) is 9.33. The number of hydrogen-bond donors (Lipinski definition) is 2. The number of hydrogen-bond acceptors (Lipinski definition) is 3. The predicted octanol–water partition coefficient (Wildman–Crippen LogP) is 3.99. The molecule has 2 N–H and O–H groups in total. The van der Waals surface area contributed by atoms with Crippen LogP contribution in [0.5, 0.6) is 0 Å². The lowest BCUT2D eigenvalue weighted by atomic mass is 10.2. The molecule has 0 spiro atoms.